The molecule has 2 saturated heterocycles. The van der Waals surface area contributed by atoms with Gasteiger partial charge in [0.25, 0.3) is 5.91 Å². The quantitative estimate of drug-likeness (QED) is 0.668. The molecule has 5 heteroatoms. The summed E-state index contributed by atoms with van der Waals surface area (Å²) in [5.74, 6) is 0.916. The first-order valence-electron chi connectivity index (χ1n) is 13.9. The van der Waals surface area contributed by atoms with Crippen LogP contribution in [0.15, 0.2) is 24.3 Å². The molecule has 1 aromatic carbocycles. The number of hydrogen-bond donors (Lipinski definition) is 1. The molecule has 1 aromatic rings. The highest BCUT2D eigenvalue weighted by Crippen LogP contribution is 2.49. The van der Waals surface area contributed by atoms with Gasteiger partial charge in [-0.3, -0.25) is 9.59 Å². The van der Waals surface area contributed by atoms with E-state index in [1.54, 1.807) is 0 Å². The highest BCUT2D eigenvalue weighted by molar-refractivity contribution is 6.02. The first kappa shape index (κ1) is 23.8. The second-order valence-corrected chi connectivity index (χ2v) is 11.7. The molecule has 1 aliphatic carbocycles. The Hall–Kier alpha value is -1.88. The number of benzene rings is 1. The van der Waals surface area contributed by atoms with Crippen molar-refractivity contribution in [3.05, 3.63) is 35.4 Å². The second kappa shape index (κ2) is 10.0. The Bertz CT molecular complexity index is 889. The molecule has 3 heterocycles. The van der Waals surface area contributed by atoms with Crippen molar-refractivity contribution in [1.82, 2.24) is 15.1 Å². The molecular weight excluding hydrogens is 422 g/mol. The third-order valence-corrected chi connectivity index (χ3v) is 9.12. The average molecular weight is 466 g/mol. The van der Waals surface area contributed by atoms with E-state index in [4.69, 9.17) is 0 Å². The number of carbonyl (C=O) groups is 2. The second-order valence-electron chi connectivity index (χ2n) is 11.7. The summed E-state index contributed by atoms with van der Waals surface area (Å²) in [6.07, 6.45) is 11.6. The lowest BCUT2D eigenvalue weighted by molar-refractivity contribution is -0.128. The minimum absolute atomic E-state index is 0.125. The van der Waals surface area contributed by atoms with Gasteiger partial charge in [-0.15, -0.1) is 0 Å². The summed E-state index contributed by atoms with van der Waals surface area (Å²) in [7, 11) is 0. The smallest absolute Gasteiger partial charge is 0.254 e. The molecule has 1 saturated carbocycles. The predicted octanol–water partition coefficient (Wildman–Crippen LogP) is 4.97. The zero-order chi connectivity index (χ0) is 23.7. The van der Waals surface area contributed by atoms with Crippen molar-refractivity contribution in [2.45, 2.75) is 95.6 Å². The lowest BCUT2D eigenvalue weighted by atomic mass is 9.65. The number of fused-ring (bicyclic) bond motifs is 2. The first-order chi connectivity index (χ1) is 16.5. The summed E-state index contributed by atoms with van der Waals surface area (Å²) < 4.78 is 0. The van der Waals surface area contributed by atoms with E-state index in [9.17, 15) is 9.59 Å². The fraction of sp³-hybridized carbons (Fsp3) is 0.724. The Kier molecular flexibility index (Phi) is 7.02. The van der Waals surface area contributed by atoms with Crippen LogP contribution in [0.1, 0.15) is 99.9 Å². The number of nitrogens with one attached hydrogen (secondary N) is 1. The van der Waals surface area contributed by atoms with Gasteiger partial charge in [-0.2, -0.15) is 0 Å². The van der Waals surface area contributed by atoms with Gasteiger partial charge in [0.1, 0.15) is 0 Å². The molecule has 5 nitrogen and oxygen atoms in total. The van der Waals surface area contributed by atoms with Crippen molar-refractivity contribution in [1.29, 1.82) is 0 Å². The minimum Gasteiger partial charge on any atom is -0.355 e. The third kappa shape index (κ3) is 4.29. The van der Waals surface area contributed by atoms with E-state index in [2.05, 4.69) is 29.0 Å². The van der Waals surface area contributed by atoms with Crippen LogP contribution in [-0.2, 0) is 4.79 Å². The van der Waals surface area contributed by atoms with E-state index in [0.29, 0.717) is 17.9 Å². The molecular formula is C29H43N3O2. The number of hydrogen-bond acceptors (Lipinski definition) is 3. The minimum atomic E-state index is -0.387. The normalized spacial score (nSPS) is 29.1. The molecule has 3 fully saturated rings. The third-order valence-electron chi connectivity index (χ3n) is 9.12. The predicted molar refractivity (Wildman–Crippen MR) is 136 cm³/mol. The van der Waals surface area contributed by atoms with Gasteiger partial charge in [0.15, 0.2) is 0 Å². The van der Waals surface area contributed by atoms with Gasteiger partial charge >= 0.3 is 0 Å². The van der Waals surface area contributed by atoms with Crippen molar-refractivity contribution in [2.75, 3.05) is 26.2 Å². The number of nitrogens with zero attached hydrogens (tertiary/aromatic N) is 2. The van der Waals surface area contributed by atoms with Gasteiger partial charge in [-0.1, -0.05) is 57.7 Å². The molecule has 2 amide bonds. The Balaban J connectivity index is 1.44. The Morgan fingerprint density at radius 3 is 2.59 bits per heavy atom. The van der Waals surface area contributed by atoms with Crippen molar-refractivity contribution < 1.29 is 9.59 Å². The Morgan fingerprint density at radius 1 is 1.03 bits per heavy atom. The van der Waals surface area contributed by atoms with Gasteiger partial charge in [0, 0.05) is 24.7 Å². The monoisotopic (exact) mass is 465 g/mol. The zero-order valence-electron chi connectivity index (χ0n) is 21.2. The Labute approximate surface area is 205 Å². The summed E-state index contributed by atoms with van der Waals surface area (Å²) in [5, 5.41) is 3.45. The maximum atomic E-state index is 14.1. The maximum Gasteiger partial charge on any atom is 0.254 e. The van der Waals surface area contributed by atoms with Crippen LogP contribution < -0.4 is 5.32 Å². The molecule has 1 N–H and O–H groups in total. The van der Waals surface area contributed by atoms with E-state index in [0.717, 1.165) is 49.9 Å². The van der Waals surface area contributed by atoms with Crippen LogP contribution in [0.3, 0.4) is 0 Å². The molecule has 34 heavy (non-hydrogen) atoms. The van der Waals surface area contributed by atoms with Gasteiger partial charge in [-0.05, 0) is 75.1 Å². The number of carbonyl (C=O) groups excluding carboxylic acids is 2. The summed E-state index contributed by atoms with van der Waals surface area (Å²) in [5.41, 5.74) is 1.30. The highest BCUT2D eigenvalue weighted by atomic mass is 16.2. The topological polar surface area (TPSA) is 52.7 Å². The fourth-order valence-corrected chi connectivity index (χ4v) is 7.62. The largest absolute Gasteiger partial charge is 0.355 e. The standard InChI is InChI=1S/C29H43N3O2/c1-21(2)20-32-28(34)24-13-5-4-12-23(24)26(29(32)15-7-3-8-16-29)27(33)30-19-22-11-10-18-31-17-9-6-14-25(22)31/h4-5,12-13,21-22,25-26H,3,6-11,14-20H2,1-2H3,(H,30,33)/t22-,25+,26?/m0/s1. The van der Waals surface area contributed by atoms with Gasteiger partial charge < -0.3 is 15.1 Å². The van der Waals surface area contributed by atoms with Crippen LogP contribution in [0.25, 0.3) is 0 Å². The molecule has 0 bridgehead atoms. The molecule has 1 unspecified atom stereocenters. The number of amides is 2. The van der Waals surface area contributed by atoms with Crippen molar-refractivity contribution in [3.63, 3.8) is 0 Å². The van der Waals surface area contributed by atoms with Crippen LogP contribution in [0, 0.1) is 11.8 Å². The average Bonchev–Trinajstić information content (AvgIpc) is 2.86. The van der Waals surface area contributed by atoms with Crippen LogP contribution in [0.2, 0.25) is 0 Å². The van der Waals surface area contributed by atoms with E-state index < -0.39 is 0 Å². The van der Waals surface area contributed by atoms with E-state index in [1.807, 2.05) is 24.3 Å². The fourth-order valence-electron chi connectivity index (χ4n) is 7.62. The van der Waals surface area contributed by atoms with E-state index in [1.165, 1.54) is 51.6 Å². The molecule has 0 radical (unpaired) electrons. The number of piperidine rings is 2. The molecule has 3 atom stereocenters. The number of rotatable bonds is 5. The lowest BCUT2D eigenvalue weighted by Crippen LogP contribution is -2.63. The van der Waals surface area contributed by atoms with Gasteiger partial charge in [-0.25, -0.2) is 0 Å². The zero-order valence-corrected chi connectivity index (χ0v) is 21.2. The van der Waals surface area contributed by atoms with Crippen LogP contribution in [-0.4, -0.2) is 59.4 Å². The molecule has 186 valence electrons. The summed E-state index contributed by atoms with van der Waals surface area (Å²) in [6, 6.07) is 8.55. The summed E-state index contributed by atoms with van der Waals surface area (Å²) in [6.45, 7) is 8.29. The molecule has 4 aliphatic rings. The van der Waals surface area contributed by atoms with Crippen molar-refractivity contribution in [2.24, 2.45) is 11.8 Å². The van der Waals surface area contributed by atoms with Crippen molar-refractivity contribution in [3.8, 4) is 0 Å². The molecule has 1 spiro atoms. The van der Waals surface area contributed by atoms with E-state index in [-0.39, 0.29) is 23.3 Å². The highest BCUT2D eigenvalue weighted by Gasteiger charge is 2.54. The summed E-state index contributed by atoms with van der Waals surface area (Å²) in [4.78, 5) is 32.6. The van der Waals surface area contributed by atoms with Crippen molar-refractivity contribution >= 4 is 11.8 Å². The molecule has 5 rings (SSSR count). The lowest BCUT2D eigenvalue weighted by Gasteiger charge is -2.54. The SMILES string of the molecule is CC(C)CN1C(=O)c2ccccc2C(C(=O)NC[C@@H]2CCCN3CCCC[C@H]23)C12CCCCC2. The Morgan fingerprint density at radius 2 is 1.79 bits per heavy atom. The maximum absolute atomic E-state index is 14.1. The van der Waals surface area contributed by atoms with E-state index >= 15 is 0 Å². The molecule has 3 aliphatic heterocycles. The first-order valence-corrected chi connectivity index (χ1v) is 13.9. The summed E-state index contributed by atoms with van der Waals surface area (Å²) >= 11 is 0. The van der Waals surface area contributed by atoms with Gasteiger partial charge in [0.2, 0.25) is 5.91 Å². The van der Waals surface area contributed by atoms with Crippen LogP contribution >= 0.6 is 0 Å². The van der Waals surface area contributed by atoms with Crippen LogP contribution in [0.5, 0.6) is 0 Å². The van der Waals surface area contributed by atoms with Crippen LogP contribution in [0.4, 0.5) is 0 Å². The van der Waals surface area contributed by atoms with Gasteiger partial charge in [0.05, 0.1) is 11.5 Å². The molecule has 0 aromatic heterocycles.